The van der Waals surface area contributed by atoms with Crippen LogP contribution in [-0.2, 0) is 4.79 Å². The molecule has 0 radical (unpaired) electrons. The molecule has 2 aromatic carbocycles. The van der Waals surface area contributed by atoms with Crippen molar-refractivity contribution in [1.29, 1.82) is 0 Å². The molecule has 0 aliphatic carbocycles. The third-order valence-corrected chi connectivity index (χ3v) is 6.19. The van der Waals surface area contributed by atoms with Crippen LogP contribution < -0.4 is 10.1 Å². The molecule has 0 aromatic heterocycles. The number of hydrogen-bond acceptors (Lipinski definition) is 4. The monoisotopic (exact) mass is 447 g/mol. The van der Waals surface area contributed by atoms with E-state index in [1.165, 1.54) is 4.90 Å². The molecule has 2 aromatic rings. The molecule has 2 aliphatic heterocycles. The fourth-order valence-electron chi connectivity index (χ4n) is 4.61. The van der Waals surface area contributed by atoms with Crippen molar-refractivity contribution >= 4 is 17.6 Å². The number of aliphatic hydroxyl groups is 1. The minimum Gasteiger partial charge on any atom is -0.495 e. The zero-order valence-corrected chi connectivity index (χ0v) is 19.1. The van der Waals surface area contributed by atoms with E-state index in [1.54, 1.807) is 24.1 Å². The average Bonchev–Trinajstić information content (AvgIpc) is 2.80. The first kappa shape index (κ1) is 22.7. The van der Waals surface area contributed by atoms with E-state index < -0.39 is 0 Å². The number of hydrogen-bond donors (Lipinski definition) is 2. The number of carbonyl (C=O) groups excluding carboxylic acids is 2. The van der Waals surface area contributed by atoms with E-state index in [2.05, 4.69) is 17.2 Å². The minimum absolute atomic E-state index is 0.0234. The smallest absolute Gasteiger partial charge is 0.322 e. The molecule has 3 amide bonds. The number of anilines is 1. The van der Waals surface area contributed by atoms with E-state index in [0.717, 1.165) is 11.1 Å². The van der Waals surface area contributed by atoms with Crippen molar-refractivity contribution in [2.75, 3.05) is 32.1 Å². The van der Waals surface area contributed by atoms with Gasteiger partial charge in [0.15, 0.2) is 0 Å². The molecule has 2 aliphatic rings. The van der Waals surface area contributed by atoms with Crippen LogP contribution >= 0.6 is 0 Å². The van der Waals surface area contributed by atoms with Crippen LogP contribution in [-0.4, -0.2) is 65.7 Å². The number of urea groups is 1. The molecule has 4 rings (SSSR count). The topological polar surface area (TPSA) is 82.1 Å². The maximum absolute atomic E-state index is 12.9. The SMILES string of the molecule is COc1ccccc1NC(=O)N1CC(=O)N2[C@H](CO)[C@H](c3ccc(C#CC(C)C)cc3)[C@H]2C1. The van der Waals surface area contributed by atoms with Gasteiger partial charge in [-0.15, -0.1) is 0 Å². The molecule has 0 spiro atoms. The Morgan fingerprint density at radius 3 is 2.61 bits per heavy atom. The second kappa shape index (κ2) is 9.55. The van der Waals surface area contributed by atoms with Crippen LogP contribution in [0.4, 0.5) is 10.5 Å². The van der Waals surface area contributed by atoms with Crippen LogP contribution in [0.15, 0.2) is 48.5 Å². The number of fused-ring (bicyclic) bond motifs is 1. The Kier molecular flexibility index (Phi) is 6.57. The predicted octanol–water partition coefficient (Wildman–Crippen LogP) is 2.91. The summed E-state index contributed by atoms with van der Waals surface area (Å²) in [5.41, 5.74) is 2.52. The van der Waals surface area contributed by atoms with Crippen molar-refractivity contribution in [2.24, 2.45) is 5.92 Å². The lowest BCUT2D eigenvalue weighted by Gasteiger charge is -2.58. The van der Waals surface area contributed by atoms with Crippen molar-refractivity contribution in [2.45, 2.75) is 31.8 Å². The summed E-state index contributed by atoms with van der Waals surface area (Å²) in [6.07, 6.45) is 0. The highest BCUT2D eigenvalue weighted by Gasteiger charge is 2.54. The van der Waals surface area contributed by atoms with Crippen LogP contribution in [0.1, 0.15) is 30.9 Å². The van der Waals surface area contributed by atoms with Crippen molar-refractivity contribution in [3.8, 4) is 17.6 Å². The van der Waals surface area contributed by atoms with E-state index in [-0.39, 0.29) is 43.1 Å². The van der Waals surface area contributed by atoms with Crippen molar-refractivity contribution in [3.05, 3.63) is 59.7 Å². The first-order valence-corrected chi connectivity index (χ1v) is 11.2. The Bertz CT molecular complexity index is 1090. The lowest BCUT2D eigenvalue weighted by atomic mass is 9.73. The number of rotatable bonds is 4. The number of nitrogens with one attached hydrogen (secondary N) is 1. The van der Waals surface area contributed by atoms with Gasteiger partial charge in [-0.25, -0.2) is 4.79 Å². The number of methoxy groups -OCH3 is 1. The van der Waals surface area contributed by atoms with E-state index in [4.69, 9.17) is 4.74 Å². The highest BCUT2D eigenvalue weighted by molar-refractivity contribution is 5.94. The van der Waals surface area contributed by atoms with Gasteiger partial charge in [-0.3, -0.25) is 4.79 Å². The predicted molar refractivity (Wildman–Crippen MR) is 126 cm³/mol. The van der Waals surface area contributed by atoms with E-state index in [0.29, 0.717) is 23.9 Å². The molecule has 0 unspecified atom stereocenters. The summed E-state index contributed by atoms with van der Waals surface area (Å²) in [5, 5.41) is 12.8. The molecule has 33 heavy (non-hydrogen) atoms. The summed E-state index contributed by atoms with van der Waals surface area (Å²) in [5.74, 6) is 6.95. The highest BCUT2D eigenvalue weighted by Crippen LogP contribution is 2.43. The Labute approximate surface area is 194 Å². The van der Waals surface area contributed by atoms with Gasteiger partial charge in [0.25, 0.3) is 0 Å². The number of ether oxygens (including phenoxy) is 1. The lowest BCUT2D eigenvalue weighted by molar-refractivity contribution is -0.159. The molecule has 2 fully saturated rings. The lowest BCUT2D eigenvalue weighted by Crippen LogP contribution is -2.73. The molecule has 7 heteroatoms. The molecule has 2 saturated heterocycles. The van der Waals surface area contributed by atoms with Gasteiger partial charge >= 0.3 is 6.03 Å². The summed E-state index contributed by atoms with van der Waals surface area (Å²) in [6, 6.07) is 14.3. The van der Waals surface area contributed by atoms with Crippen LogP contribution in [0.2, 0.25) is 0 Å². The van der Waals surface area contributed by atoms with Crippen molar-refractivity contribution < 1.29 is 19.4 Å². The summed E-state index contributed by atoms with van der Waals surface area (Å²) >= 11 is 0. The molecule has 7 nitrogen and oxygen atoms in total. The summed E-state index contributed by atoms with van der Waals surface area (Å²) < 4.78 is 5.30. The maximum atomic E-state index is 12.9. The fourth-order valence-corrected chi connectivity index (χ4v) is 4.61. The minimum atomic E-state index is -0.349. The maximum Gasteiger partial charge on any atom is 0.322 e. The average molecular weight is 448 g/mol. The Hall–Kier alpha value is -3.50. The zero-order chi connectivity index (χ0) is 23.5. The standard InChI is InChI=1S/C26H29N3O4/c1-17(2)8-9-18-10-12-19(13-11-18)25-21-14-28(15-24(31)29(21)22(25)16-30)26(32)27-20-6-4-5-7-23(20)33-3/h4-7,10-13,17,21-22,25,30H,14-16H2,1-3H3,(H,27,32)/t21-,22-,25-/m1/s1. The number of carbonyl (C=O) groups is 2. The number of amides is 3. The van der Waals surface area contributed by atoms with Crippen LogP contribution in [0.3, 0.4) is 0 Å². The van der Waals surface area contributed by atoms with Gasteiger partial charge in [-0.1, -0.05) is 50.0 Å². The highest BCUT2D eigenvalue weighted by atomic mass is 16.5. The third-order valence-electron chi connectivity index (χ3n) is 6.19. The molecule has 3 atom stereocenters. The third kappa shape index (κ3) is 4.53. The molecular weight excluding hydrogens is 418 g/mol. The van der Waals surface area contributed by atoms with Gasteiger partial charge in [0.05, 0.1) is 31.5 Å². The first-order valence-electron chi connectivity index (χ1n) is 11.2. The molecule has 2 N–H and O–H groups in total. The largest absolute Gasteiger partial charge is 0.495 e. The summed E-state index contributed by atoms with van der Waals surface area (Å²) in [4.78, 5) is 29.0. The molecule has 0 bridgehead atoms. The molecule has 2 heterocycles. The van der Waals surface area contributed by atoms with Crippen LogP contribution in [0.25, 0.3) is 0 Å². The van der Waals surface area contributed by atoms with Gasteiger partial charge < -0.3 is 25.0 Å². The second-order valence-electron chi connectivity index (χ2n) is 8.70. The van der Waals surface area contributed by atoms with Crippen LogP contribution in [0.5, 0.6) is 5.75 Å². The number of nitrogens with zero attached hydrogens (tertiary/aromatic N) is 2. The van der Waals surface area contributed by atoms with Crippen LogP contribution in [0, 0.1) is 17.8 Å². The number of piperazine rings is 1. The summed E-state index contributed by atoms with van der Waals surface area (Å²) in [7, 11) is 1.54. The van der Waals surface area contributed by atoms with E-state index in [1.807, 2.05) is 50.2 Å². The second-order valence-corrected chi connectivity index (χ2v) is 8.70. The van der Waals surface area contributed by atoms with Gasteiger partial charge in [-0.05, 0) is 29.8 Å². The Morgan fingerprint density at radius 1 is 1.21 bits per heavy atom. The summed E-state index contributed by atoms with van der Waals surface area (Å²) in [6.45, 7) is 4.35. The molecule has 172 valence electrons. The van der Waals surface area contributed by atoms with Gasteiger partial charge in [0.2, 0.25) is 5.91 Å². The van der Waals surface area contributed by atoms with E-state index in [9.17, 15) is 14.7 Å². The normalized spacial score (nSPS) is 21.6. The van der Waals surface area contributed by atoms with Crippen molar-refractivity contribution in [1.82, 2.24) is 9.80 Å². The molecular formula is C26H29N3O4. The molecule has 0 saturated carbocycles. The fraction of sp³-hybridized carbons (Fsp3) is 0.385. The van der Waals surface area contributed by atoms with E-state index >= 15 is 0 Å². The Morgan fingerprint density at radius 2 is 1.94 bits per heavy atom. The van der Waals surface area contributed by atoms with Gasteiger partial charge in [-0.2, -0.15) is 0 Å². The first-order chi connectivity index (χ1) is 15.9. The zero-order valence-electron chi connectivity index (χ0n) is 19.1. The number of aliphatic hydroxyl groups excluding tert-OH is 1. The Balaban J connectivity index is 1.51. The van der Waals surface area contributed by atoms with Crippen molar-refractivity contribution in [3.63, 3.8) is 0 Å². The van der Waals surface area contributed by atoms with Gasteiger partial charge in [0, 0.05) is 23.9 Å². The van der Waals surface area contributed by atoms with Gasteiger partial charge in [0.1, 0.15) is 12.3 Å². The number of benzene rings is 2. The quantitative estimate of drug-likeness (QED) is 0.706. The number of para-hydroxylation sites is 2.